The molecule has 0 aromatic carbocycles. The van der Waals surface area contributed by atoms with E-state index in [1.807, 2.05) is 11.9 Å². The van der Waals surface area contributed by atoms with Crippen molar-refractivity contribution in [3.8, 4) is 0 Å². The number of likely N-dealkylation sites (N-methyl/N-ethyl adjacent to an activating group) is 1. The van der Waals surface area contributed by atoms with Crippen LogP contribution in [0.25, 0.3) is 0 Å². The number of amides is 1. The number of carbonyl (C=O) groups is 1. The number of nitrogens with zero attached hydrogens (tertiary/aromatic N) is 2. The van der Waals surface area contributed by atoms with Gasteiger partial charge in [-0.05, 0) is 25.8 Å². The van der Waals surface area contributed by atoms with Crippen molar-refractivity contribution in [2.24, 2.45) is 10.9 Å². The van der Waals surface area contributed by atoms with Gasteiger partial charge in [0.1, 0.15) is 0 Å². The number of allylic oxidation sites excluding steroid dienone is 1. The molecule has 1 amide bonds. The number of nitrogens with one attached hydrogen (secondary N) is 1. The fourth-order valence-electron chi connectivity index (χ4n) is 2.92. The van der Waals surface area contributed by atoms with Crippen LogP contribution in [0.2, 0.25) is 0 Å². The highest BCUT2D eigenvalue weighted by molar-refractivity contribution is 6.32. The van der Waals surface area contributed by atoms with Crippen molar-refractivity contribution in [3.63, 3.8) is 0 Å². The first-order chi connectivity index (χ1) is 9.04. The van der Waals surface area contributed by atoms with Gasteiger partial charge in [-0.25, -0.2) is 0 Å². The van der Waals surface area contributed by atoms with Crippen LogP contribution in [-0.2, 0) is 4.79 Å². The average Bonchev–Trinajstić information content (AvgIpc) is 2.96. The van der Waals surface area contributed by atoms with E-state index < -0.39 is 0 Å². The Morgan fingerprint density at radius 2 is 2.32 bits per heavy atom. The molecule has 5 heteroatoms. The van der Waals surface area contributed by atoms with E-state index >= 15 is 0 Å². The second-order valence-electron chi connectivity index (χ2n) is 5.57. The monoisotopic (exact) mass is 283 g/mol. The molecular formula is C14H22ClN3O. The predicted molar refractivity (Wildman–Crippen MR) is 78.4 cm³/mol. The quantitative estimate of drug-likeness (QED) is 0.859. The van der Waals surface area contributed by atoms with Crippen LogP contribution in [0.15, 0.2) is 16.2 Å². The first kappa shape index (κ1) is 14.5. The molecule has 4 nitrogen and oxygen atoms in total. The van der Waals surface area contributed by atoms with Gasteiger partial charge < -0.3 is 10.2 Å². The van der Waals surface area contributed by atoms with Gasteiger partial charge in [-0.1, -0.05) is 25.4 Å². The molecule has 1 saturated heterocycles. The van der Waals surface area contributed by atoms with Gasteiger partial charge in [0.25, 0.3) is 0 Å². The van der Waals surface area contributed by atoms with Gasteiger partial charge >= 0.3 is 0 Å². The van der Waals surface area contributed by atoms with E-state index in [-0.39, 0.29) is 23.9 Å². The summed E-state index contributed by atoms with van der Waals surface area (Å²) in [5.74, 6) is 0.469. The highest BCUT2D eigenvalue weighted by Gasteiger charge is 2.36. The first-order valence-corrected chi connectivity index (χ1v) is 7.31. The lowest BCUT2D eigenvalue weighted by Crippen LogP contribution is -2.51. The van der Waals surface area contributed by atoms with Gasteiger partial charge in [-0.2, -0.15) is 0 Å². The van der Waals surface area contributed by atoms with Crippen LogP contribution in [0.4, 0.5) is 0 Å². The number of rotatable bonds is 4. The average molecular weight is 284 g/mol. The minimum atomic E-state index is -0.119. The number of carbonyl (C=O) groups excluding carboxylic acids is 1. The van der Waals surface area contributed by atoms with E-state index in [4.69, 9.17) is 11.6 Å². The summed E-state index contributed by atoms with van der Waals surface area (Å²) in [4.78, 5) is 19.0. The van der Waals surface area contributed by atoms with Crippen molar-refractivity contribution >= 4 is 23.2 Å². The van der Waals surface area contributed by atoms with Gasteiger partial charge in [0.2, 0.25) is 5.91 Å². The Bertz CT molecular complexity index is 417. The minimum Gasteiger partial charge on any atom is -0.333 e. The lowest BCUT2D eigenvalue weighted by molar-refractivity contribution is -0.134. The Labute approximate surface area is 119 Å². The molecule has 2 rings (SSSR count). The molecule has 1 N–H and O–H groups in total. The molecule has 0 aromatic heterocycles. The molecule has 0 aromatic rings. The Hall–Kier alpha value is -0.870. The van der Waals surface area contributed by atoms with Crippen LogP contribution >= 0.6 is 11.6 Å². The smallest absolute Gasteiger partial charge is 0.240 e. The van der Waals surface area contributed by atoms with E-state index in [2.05, 4.69) is 24.2 Å². The summed E-state index contributed by atoms with van der Waals surface area (Å²) >= 11 is 5.98. The molecule has 0 radical (unpaired) electrons. The highest BCUT2D eigenvalue weighted by atomic mass is 35.5. The van der Waals surface area contributed by atoms with Crippen LogP contribution < -0.4 is 5.32 Å². The molecule has 2 atom stereocenters. The largest absolute Gasteiger partial charge is 0.333 e. The third-order valence-electron chi connectivity index (χ3n) is 3.88. The lowest BCUT2D eigenvalue weighted by atomic mass is 10.0. The molecule has 0 bridgehead atoms. The van der Waals surface area contributed by atoms with E-state index in [0.29, 0.717) is 6.42 Å². The third-order valence-corrected chi connectivity index (χ3v) is 4.12. The topological polar surface area (TPSA) is 44.7 Å². The van der Waals surface area contributed by atoms with Gasteiger partial charge in [-0.15, -0.1) is 0 Å². The molecule has 0 unspecified atom stereocenters. The van der Waals surface area contributed by atoms with Crippen molar-refractivity contribution in [3.05, 3.63) is 11.2 Å². The molecular weight excluding hydrogens is 262 g/mol. The van der Waals surface area contributed by atoms with Crippen LogP contribution in [0, 0.1) is 5.92 Å². The van der Waals surface area contributed by atoms with Crippen molar-refractivity contribution < 1.29 is 4.79 Å². The van der Waals surface area contributed by atoms with E-state index in [1.165, 1.54) is 0 Å². The summed E-state index contributed by atoms with van der Waals surface area (Å²) in [7, 11) is 1.85. The maximum absolute atomic E-state index is 12.6. The SMILES string of the molecule is CN[C@H](C(=O)N1CCC[C@H]1C1=NC=C(Cl)C1)C(C)C. The van der Waals surface area contributed by atoms with Gasteiger partial charge in [-0.3, -0.25) is 9.79 Å². The van der Waals surface area contributed by atoms with Crippen molar-refractivity contribution in [2.75, 3.05) is 13.6 Å². The number of likely N-dealkylation sites (tertiary alicyclic amines) is 1. The number of hydrogen-bond acceptors (Lipinski definition) is 3. The second kappa shape index (κ2) is 6.06. The maximum atomic E-state index is 12.6. The number of aliphatic imine (C=N–C) groups is 1. The fraction of sp³-hybridized carbons (Fsp3) is 0.714. The number of hydrogen-bond donors (Lipinski definition) is 1. The van der Waals surface area contributed by atoms with Crippen LogP contribution in [0.5, 0.6) is 0 Å². The normalized spacial score (nSPS) is 24.7. The zero-order valence-corrected chi connectivity index (χ0v) is 12.6. The third kappa shape index (κ3) is 3.00. The summed E-state index contributed by atoms with van der Waals surface area (Å²) in [5, 5.41) is 3.89. The molecule has 2 aliphatic heterocycles. The lowest BCUT2D eigenvalue weighted by Gasteiger charge is -2.30. The molecule has 0 saturated carbocycles. The second-order valence-corrected chi connectivity index (χ2v) is 6.06. The minimum absolute atomic E-state index is 0.119. The van der Waals surface area contributed by atoms with E-state index in [0.717, 1.165) is 30.1 Å². The summed E-state index contributed by atoms with van der Waals surface area (Å²) in [6, 6.07) is 0.0145. The molecule has 0 spiro atoms. The summed E-state index contributed by atoms with van der Waals surface area (Å²) in [6.45, 7) is 4.95. The molecule has 1 fully saturated rings. The zero-order valence-electron chi connectivity index (χ0n) is 11.8. The van der Waals surface area contributed by atoms with Crippen LogP contribution in [0.3, 0.4) is 0 Å². The summed E-state index contributed by atoms with van der Waals surface area (Å²) < 4.78 is 0. The highest BCUT2D eigenvalue weighted by Crippen LogP contribution is 2.27. The van der Waals surface area contributed by atoms with Gasteiger partial charge in [0.05, 0.1) is 12.1 Å². The molecule has 2 aliphatic rings. The fourth-order valence-corrected chi connectivity index (χ4v) is 3.10. The summed E-state index contributed by atoms with van der Waals surface area (Å²) in [5.41, 5.74) is 1.04. The Morgan fingerprint density at radius 1 is 1.58 bits per heavy atom. The van der Waals surface area contributed by atoms with Crippen molar-refractivity contribution in [1.29, 1.82) is 0 Å². The van der Waals surface area contributed by atoms with Crippen molar-refractivity contribution in [2.45, 2.75) is 45.2 Å². The zero-order chi connectivity index (χ0) is 14.0. The molecule has 2 heterocycles. The molecule has 19 heavy (non-hydrogen) atoms. The summed E-state index contributed by atoms with van der Waals surface area (Å²) in [6.07, 6.45) is 4.44. The van der Waals surface area contributed by atoms with Crippen LogP contribution in [0.1, 0.15) is 33.1 Å². The standard InChI is InChI=1S/C14H22ClN3O/c1-9(2)13(16-3)14(19)18-6-4-5-12(18)11-7-10(15)8-17-11/h8-9,12-13,16H,4-7H2,1-3H3/t12-,13-/m0/s1. The number of halogens is 1. The first-order valence-electron chi connectivity index (χ1n) is 6.93. The Balaban J connectivity index is 2.09. The van der Waals surface area contributed by atoms with Crippen molar-refractivity contribution in [1.82, 2.24) is 10.2 Å². The molecule has 0 aliphatic carbocycles. The van der Waals surface area contributed by atoms with E-state index in [9.17, 15) is 4.79 Å². The predicted octanol–water partition coefficient (Wildman–Crippen LogP) is 2.15. The Kier molecular flexibility index (Phi) is 4.63. The maximum Gasteiger partial charge on any atom is 0.240 e. The van der Waals surface area contributed by atoms with Crippen LogP contribution in [-0.4, -0.2) is 42.2 Å². The molecule has 106 valence electrons. The van der Waals surface area contributed by atoms with Gasteiger partial charge in [0, 0.05) is 29.9 Å². The van der Waals surface area contributed by atoms with Gasteiger partial charge in [0.15, 0.2) is 0 Å². The van der Waals surface area contributed by atoms with E-state index in [1.54, 1.807) is 6.20 Å². The Morgan fingerprint density at radius 3 is 2.84 bits per heavy atom.